The van der Waals surface area contributed by atoms with Crippen LogP contribution in [0.3, 0.4) is 0 Å². The Hall–Kier alpha value is -0.890. The second-order valence-electron chi connectivity index (χ2n) is 4.36. The van der Waals surface area contributed by atoms with Crippen LogP contribution >= 0.6 is 0 Å². The third-order valence-corrected chi connectivity index (χ3v) is 3.24. The molecule has 1 nitrogen and oxygen atoms in total. The van der Waals surface area contributed by atoms with Crippen LogP contribution < -0.4 is 5.32 Å². The Morgan fingerprint density at radius 2 is 1.69 bits per heavy atom. The Morgan fingerprint density at radius 3 is 2.19 bits per heavy atom. The summed E-state index contributed by atoms with van der Waals surface area (Å²) >= 11 is 0. The van der Waals surface area contributed by atoms with Crippen molar-refractivity contribution in [3.05, 3.63) is 35.6 Å². The number of hydrogen-bond acceptors (Lipinski definition) is 1. The molecule has 1 N–H and O–H groups in total. The fraction of sp³-hybridized carbons (Fsp3) is 0.571. The maximum atomic E-state index is 12.8. The molecule has 90 valence electrons. The fourth-order valence-electron chi connectivity index (χ4n) is 1.79. The zero-order chi connectivity index (χ0) is 12.0. The number of hydrogen-bond donors (Lipinski definition) is 1. The lowest BCUT2D eigenvalue weighted by Crippen LogP contribution is -2.25. The Bertz CT molecular complexity index is 290. The first-order chi connectivity index (χ1) is 7.67. The first-order valence-corrected chi connectivity index (χ1v) is 6.16. The Balaban J connectivity index is 2.46. The third-order valence-electron chi connectivity index (χ3n) is 3.24. The highest BCUT2D eigenvalue weighted by atomic mass is 19.1. The van der Waals surface area contributed by atoms with E-state index in [9.17, 15) is 4.39 Å². The third kappa shape index (κ3) is 3.93. The first-order valence-electron chi connectivity index (χ1n) is 6.16. The fourth-order valence-corrected chi connectivity index (χ4v) is 1.79. The normalized spacial score (nSPS) is 13.1. The summed E-state index contributed by atoms with van der Waals surface area (Å²) in [6.45, 7) is 7.60. The molecule has 2 heteroatoms. The van der Waals surface area contributed by atoms with E-state index >= 15 is 0 Å². The van der Waals surface area contributed by atoms with E-state index in [2.05, 4.69) is 26.1 Å². The van der Waals surface area contributed by atoms with E-state index in [0.29, 0.717) is 6.04 Å². The number of benzene rings is 1. The summed E-state index contributed by atoms with van der Waals surface area (Å²) in [6.07, 6.45) is 2.42. The van der Waals surface area contributed by atoms with Gasteiger partial charge in [-0.15, -0.1) is 0 Å². The lowest BCUT2D eigenvalue weighted by atomic mass is 10.0. The van der Waals surface area contributed by atoms with E-state index in [1.54, 1.807) is 0 Å². The highest BCUT2D eigenvalue weighted by Crippen LogP contribution is 2.14. The number of rotatable bonds is 6. The Morgan fingerprint density at radius 1 is 1.12 bits per heavy atom. The van der Waals surface area contributed by atoms with Gasteiger partial charge in [0, 0.05) is 6.04 Å². The van der Waals surface area contributed by atoms with Crippen molar-refractivity contribution in [3.8, 4) is 0 Å². The van der Waals surface area contributed by atoms with Gasteiger partial charge in [0.2, 0.25) is 0 Å². The summed E-state index contributed by atoms with van der Waals surface area (Å²) in [6, 6.07) is 7.02. The van der Waals surface area contributed by atoms with Crippen molar-refractivity contribution in [1.82, 2.24) is 5.32 Å². The molecule has 1 atom stereocenters. The molecular weight excluding hydrogens is 201 g/mol. The topological polar surface area (TPSA) is 12.0 Å². The van der Waals surface area contributed by atoms with Gasteiger partial charge in [-0.3, -0.25) is 0 Å². The van der Waals surface area contributed by atoms with Gasteiger partial charge in [-0.1, -0.05) is 38.8 Å². The molecule has 0 aromatic heterocycles. The van der Waals surface area contributed by atoms with Crippen molar-refractivity contribution >= 4 is 0 Å². The van der Waals surface area contributed by atoms with Gasteiger partial charge in [-0.25, -0.2) is 4.39 Å². The predicted octanol–water partition coefficient (Wildman–Crippen LogP) is 3.91. The average Bonchev–Trinajstić information content (AvgIpc) is 2.31. The molecule has 1 aromatic rings. The van der Waals surface area contributed by atoms with Crippen LogP contribution in [0.15, 0.2) is 24.3 Å². The predicted molar refractivity (Wildman–Crippen MR) is 66.9 cm³/mol. The largest absolute Gasteiger partial charge is 0.310 e. The summed E-state index contributed by atoms with van der Waals surface area (Å²) in [5.74, 6) is 0.568. The highest BCUT2D eigenvalue weighted by molar-refractivity contribution is 5.19. The van der Waals surface area contributed by atoms with E-state index in [0.717, 1.165) is 18.0 Å². The van der Waals surface area contributed by atoms with E-state index < -0.39 is 0 Å². The number of halogens is 1. The second-order valence-corrected chi connectivity index (χ2v) is 4.36. The van der Waals surface area contributed by atoms with Crippen LogP contribution in [0.4, 0.5) is 4.39 Å². The number of nitrogens with one attached hydrogen (secondary N) is 1. The molecule has 0 aliphatic heterocycles. The van der Waals surface area contributed by atoms with Crippen molar-refractivity contribution in [1.29, 1.82) is 0 Å². The molecule has 16 heavy (non-hydrogen) atoms. The molecule has 0 amide bonds. The molecule has 0 aliphatic carbocycles. The SMILES string of the molecule is CCC(CC)CN[C@@H](C)c1ccc(F)cc1. The summed E-state index contributed by atoms with van der Waals surface area (Å²) in [7, 11) is 0. The van der Waals surface area contributed by atoms with Crippen LogP contribution in [-0.2, 0) is 0 Å². The smallest absolute Gasteiger partial charge is 0.123 e. The monoisotopic (exact) mass is 223 g/mol. The quantitative estimate of drug-likeness (QED) is 0.771. The highest BCUT2D eigenvalue weighted by Gasteiger charge is 2.08. The Labute approximate surface area is 98.1 Å². The van der Waals surface area contributed by atoms with Crippen molar-refractivity contribution in [2.45, 2.75) is 39.7 Å². The molecule has 1 aromatic carbocycles. The van der Waals surface area contributed by atoms with E-state index in [1.807, 2.05) is 12.1 Å². The summed E-state index contributed by atoms with van der Waals surface area (Å²) < 4.78 is 12.8. The van der Waals surface area contributed by atoms with Gasteiger partial charge in [-0.05, 0) is 37.1 Å². The molecule has 1 rings (SSSR count). The Kier molecular flexibility index (Phi) is 5.47. The van der Waals surface area contributed by atoms with Crippen LogP contribution in [0.2, 0.25) is 0 Å². The molecule has 0 spiro atoms. The minimum Gasteiger partial charge on any atom is -0.310 e. The standard InChI is InChI=1S/C14H22FN/c1-4-12(5-2)10-16-11(3)13-6-8-14(15)9-7-13/h6-9,11-12,16H,4-5,10H2,1-3H3/t11-/m0/s1. The summed E-state index contributed by atoms with van der Waals surface area (Å²) in [5, 5.41) is 3.50. The molecule has 0 aliphatic rings. The lowest BCUT2D eigenvalue weighted by Gasteiger charge is -2.18. The average molecular weight is 223 g/mol. The lowest BCUT2D eigenvalue weighted by molar-refractivity contribution is 0.422. The summed E-state index contributed by atoms with van der Waals surface area (Å²) in [5.41, 5.74) is 1.15. The van der Waals surface area contributed by atoms with Gasteiger partial charge in [0.15, 0.2) is 0 Å². The first kappa shape index (κ1) is 13.2. The second kappa shape index (κ2) is 6.64. The molecule has 0 radical (unpaired) electrons. The molecule has 0 bridgehead atoms. The van der Waals surface area contributed by atoms with Gasteiger partial charge in [-0.2, -0.15) is 0 Å². The van der Waals surface area contributed by atoms with E-state index in [1.165, 1.54) is 25.0 Å². The van der Waals surface area contributed by atoms with Gasteiger partial charge in [0.1, 0.15) is 5.82 Å². The maximum Gasteiger partial charge on any atom is 0.123 e. The van der Waals surface area contributed by atoms with Crippen molar-refractivity contribution < 1.29 is 4.39 Å². The zero-order valence-electron chi connectivity index (χ0n) is 10.5. The molecular formula is C14H22FN. The van der Waals surface area contributed by atoms with Crippen LogP contribution in [0.1, 0.15) is 45.2 Å². The van der Waals surface area contributed by atoms with E-state index in [4.69, 9.17) is 0 Å². The van der Waals surface area contributed by atoms with Gasteiger partial charge >= 0.3 is 0 Å². The van der Waals surface area contributed by atoms with Crippen molar-refractivity contribution in [2.24, 2.45) is 5.92 Å². The molecule has 0 fully saturated rings. The van der Waals surface area contributed by atoms with Crippen LogP contribution in [0, 0.1) is 11.7 Å². The molecule has 0 heterocycles. The summed E-state index contributed by atoms with van der Waals surface area (Å²) in [4.78, 5) is 0. The zero-order valence-corrected chi connectivity index (χ0v) is 10.5. The van der Waals surface area contributed by atoms with Crippen LogP contribution in [0.5, 0.6) is 0 Å². The molecule has 0 unspecified atom stereocenters. The molecule has 0 saturated carbocycles. The van der Waals surface area contributed by atoms with Crippen molar-refractivity contribution in [3.63, 3.8) is 0 Å². The minimum atomic E-state index is -0.170. The maximum absolute atomic E-state index is 12.8. The van der Waals surface area contributed by atoms with Crippen LogP contribution in [-0.4, -0.2) is 6.54 Å². The van der Waals surface area contributed by atoms with Crippen molar-refractivity contribution in [2.75, 3.05) is 6.54 Å². The van der Waals surface area contributed by atoms with Gasteiger partial charge < -0.3 is 5.32 Å². The van der Waals surface area contributed by atoms with Crippen LogP contribution in [0.25, 0.3) is 0 Å². The van der Waals surface area contributed by atoms with E-state index in [-0.39, 0.29) is 5.82 Å². The van der Waals surface area contributed by atoms with Gasteiger partial charge in [0.05, 0.1) is 0 Å². The molecule has 0 saturated heterocycles. The van der Waals surface area contributed by atoms with Gasteiger partial charge in [0.25, 0.3) is 0 Å². The minimum absolute atomic E-state index is 0.170.